The molecule has 24 heavy (non-hydrogen) atoms. The summed E-state index contributed by atoms with van der Waals surface area (Å²) < 4.78 is 27.4. The Hall–Kier alpha value is -2.02. The van der Waals surface area contributed by atoms with E-state index in [1.807, 2.05) is 0 Å². The first kappa shape index (κ1) is 16.8. The number of rotatable bonds is 4. The molecule has 1 saturated carbocycles. The molecule has 1 N–H and O–H groups in total. The molecule has 1 heterocycles. The molecular formula is C17H21F2N3O2. The Morgan fingerprint density at radius 1 is 1.12 bits per heavy atom. The van der Waals surface area contributed by atoms with Gasteiger partial charge in [-0.3, -0.25) is 9.59 Å². The summed E-state index contributed by atoms with van der Waals surface area (Å²) in [4.78, 5) is 29.2. The molecule has 2 amide bonds. The summed E-state index contributed by atoms with van der Waals surface area (Å²) in [7, 11) is 0. The van der Waals surface area contributed by atoms with Crippen molar-refractivity contribution >= 4 is 17.5 Å². The third-order valence-corrected chi connectivity index (χ3v) is 4.90. The molecule has 0 atom stereocenters. The molecule has 0 bridgehead atoms. The van der Waals surface area contributed by atoms with Gasteiger partial charge in [-0.15, -0.1) is 0 Å². The molecule has 3 rings (SSSR count). The Kier molecular flexibility index (Phi) is 4.54. The molecule has 0 aromatic heterocycles. The Morgan fingerprint density at radius 2 is 1.71 bits per heavy atom. The smallest absolute Gasteiger partial charge is 0.240 e. The first-order chi connectivity index (χ1) is 11.5. The largest absolute Gasteiger partial charge is 0.339 e. The predicted molar refractivity (Wildman–Crippen MR) is 85.3 cm³/mol. The van der Waals surface area contributed by atoms with E-state index in [-0.39, 0.29) is 5.91 Å². The van der Waals surface area contributed by atoms with E-state index in [1.54, 1.807) is 4.90 Å². The van der Waals surface area contributed by atoms with Crippen LogP contribution in [0.5, 0.6) is 0 Å². The highest BCUT2D eigenvalue weighted by Gasteiger charge is 2.58. The zero-order valence-electron chi connectivity index (χ0n) is 13.6. The first-order valence-corrected chi connectivity index (χ1v) is 8.25. The minimum Gasteiger partial charge on any atom is -0.339 e. The third kappa shape index (κ3) is 3.00. The number of anilines is 1. The maximum absolute atomic E-state index is 13.7. The van der Waals surface area contributed by atoms with Crippen LogP contribution in [0.25, 0.3) is 0 Å². The lowest BCUT2D eigenvalue weighted by molar-refractivity contribution is -0.143. The average molecular weight is 337 g/mol. The Balaban J connectivity index is 1.69. The van der Waals surface area contributed by atoms with Crippen LogP contribution in [0.15, 0.2) is 18.2 Å². The summed E-state index contributed by atoms with van der Waals surface area (Å²) in [5.74, 6) is -2.53. The van der Waals surface area contributed by atoms with E-state index in [0.717, 1.165) is 31.8 Å². The third-order valence-electron chi connectivity index (χ3n) is 4.90. The molecule has 7 heteroatoms. The van der Waals surface area contributed by atoms with Crippen LogP contribution in [0.3, 0.4) is 0 Å². The Labute approximate surface area is 139 Å². The lowest BCUT2D eigenvalue weighted by Crippen LogP contribution is -2.52. The number of piperazine rings is 1. The molecule has 0 spiro atoms. The minimum absolute atomic E-state index is 0.229. The highest BCUT2D eigenvalue weighted by Crippen LogP contribution is 2.48. The maximum Gasteiger partial charge on any atom is 0.240 e. The molecule has 0 unspecified atom stereocenters. The molecule has 1 saturated heterocycles. The summed E-state index contributed by atoms with van der Waals surface area (Å²) in [6.45, 7) is 5.71. The average Bonchev–Trinajstić information content (AvgIpc) is 3.39. The molecule has 1 aromatic carbocycles. The zero-order valence-corrected chi connectivity index (χ0v) is 13.6. The van der Waals surface area contributed by atoms with E-state index in [9.17, 15) is 18.4 Å². The fraction of sp³-hybridized carbons (Fsp3) is 0.529. The van der Waals surface area contributed by atoms with Crippen molar-refractivity contribution in [3.63, 3.8) is 0 Å². The topological polar surface area (TPSA) is 52.7 Å². The molecule has 2 fully saturated rings. The Morgan fingerprint density at radius 3 is 2.21 bits per heavy atom. The van der Waals surface area contributed by atoms with Gasteiger partial charge in [-0.25, -0.2) is 8.78 Å². The van der Waals surface area contributed by atoms with E-state index in [1.165, 1.54) is 6.07 Å². The predicted octanol–water partition coefficient (Wildman–Crippen LogP) is 1.85. The van der Waals surface area contributed by atoms with Crippen molar-refractivity contribution in [1.82, 2.24) is 9.80 Å². The van der Waals surface area contributed by atoms with Gasteiger partial charge in [0.05, 0.1) is 0 Å². The molecule has 2 aliphatic rings. The van der Waals surface area contributed by atoms with Crippen molar-refractivity contribution in [1.29, 1.82) is 0 Å². The molecule has 1 aliphatic carbocycles. The zero-order chi connectivity index (χ0) is 17.3. The van der Waals surface area contributed by atoms with Gasteiger partial charge in [-0.05, 0) is 31.5 Å². The molecule has 1 aliphatic heterocycles. The summed E-state index contributed by atoms with van der Waals surface area (Å²) in [6.07, 6.45) is 0.837. The number of benzene rings is 1. The summed E-state index contributed by atoms with van der Waals surface area (Å²) in [5, 5.41) is 2.27. The van der Waals surface area contributed by atoms with Crippen molar-refractivity contribution in [2.45, 2.75) is 19.8 Å². The van der Waals surface area contributed by atoms with Crippen LogP contribution in [0.4, 0.5) is 14.5 Å². The number of carbonyl (C=O) groups is 2. The maximum atomic E-state index is 13.7. The highest BCUT2D eigenvalue weighted by atomic mass is 19.1. The van der Waals surface area contributed by atoms with E-state index in [0.29, 0.717) is 25.9 Å². The van der Waals surface area contributed by atoms with Gasteiger partial charge in [0.15, 0.2) is 0 Å². The van der Waals surface area contributed by atoms with Crippen molar-refractivity contribution < 1.29 is 18.4 Å². The van der Waals surface area contributed by atoms with Gasteiger partial charge >= 0.3 is 0 Å². The summed E-state index contributed by atoms with van der Waals surface area (Å²) in [6, 6.07) is 3.37. The van der Waals surface area contributed by atoms with Gasteiger partial charge in [-0.2, -0.15) is 0 Å². The van der Waals surface area contributed by atoms with Gasteiger partial charge < -0.3 is 15.1 Å². The monoisotopic (exact) mass is 337 g/mol. The van der Waals surface area contributed by atoms with E-state index < -0.39 is 28.6 Å². The van der Waals surface area contributed by atoms with Crippen LogP contribution in [0.2, 0.25) is 0 Å². The van der Waals surface area contributed by atoms with Gasteiger partial charge in [0, 0.05) is 26.2 Å². The number of nitrogens with zero attached hydrogens (tertiary/aromatic N) is 2. The first-order valence-electron chi connectivity index (χ1n) is 8.25. The summed E-state index contributed by atoms with van der Waals surface area (Å²) >= 11 is 0. The van der Waals surface area contributed by atoms with Gasteiger partial charge in [-0.1, -0.05) is 13.0 Å². The SMILES string of the molecule is CCN1CCN(C(=O)C2(C(=O)Nc3c(F)cccc3F)CC2)CC1. The van der Waals surface area contributed by atoms with Gasteiger partial charge in [0.1, 0.15) is 22.7 Å². The van der Waals surface area contributed by atoms with Crippen molar-refractivity contribution in [3.8, 4) is 0 Å². The number of hydrogen-bond donors (Lipinski definition) is 1. The summed E-state index contributed by atoms with van der Waals surface area (Å²) in [5.41, 5.74) is -1.65. The van der Waals surface area contributed by atoms with Crippen LogP contribution in [-0.4, -0.2) is 54.3 Å². The fourth-order valence-electron chi connectivity index (χ4n) is 3.08. The minimum atomic E-state index is -1.16. The second-order valence-corrected chi connectivity index (χ2v) is 6.36. The number of para-hydroxylation sites is 1. The molecule has 130 valence electrons. The number of carbonyl (C=O) groups excluding carboxylic acids is 2. The lowest BCUT2D eigenvalue weighted by Gasteiger charge is -2.35. The van der Waals surface area contributed by atoms with Crippen molar-refractivity contribution in [3.05, 3.63) is 29.8 Å². The molecule has 5 nitrogen and oxygen atoms in total. The molecule has 0 radical (unpaired) electrons. The number of amides is 2. The van der Waals surface area contributed by atoms with Crippen molar-refractivity contribution in [2.75, 3.05) is 38.0 Å². The Bertz CT molecular complexity index is 633. The van der Waals surface area contributed by atoms with Crippen LogP contribution < -0.4 is 5.32 Å². The highest BCUT2D eigenvalue weighted by molar-refractivity contribution is 6.13. The van der Waals surface area contributed by atoms with Gasteiger partial charge in [0.2, 0.25) is 11.8 Å². The fourth-order valence-corrected chi connectivity index (χ4v) is 3.08. The van der Waals surface area contributed by atoms with E-state index >= 15 is 0 Å². The second kappa shape index (κ2) is 6.47. The number of nitrogens with one attached hydrogen (secondary N) is 1. The number of hydrogen-bond acceptors (Lipinski definition) is 3. The second-order valence-electron chi connectivity index (χ2n) is 6.36. The van der Waals surface area contributed by atoms with Crippen LogP contribution >= 0.6 is 0 Å². The standard InChI is InChI=1S/C17H21F2N3O2/c1-2-21-8-10-22(11-9-21)16(24)17(6-7-17)15(23)20-14-12(18)4-3-5-13(14)19/h3-5H,2,6-11H2,1H3,(H,20,23). The number of likely N-dealkylation sites (N-methyl/N-ethyl adjacent to an activating group) is 1. The van der Waals surface area contributed by atoms with Crippen LogP contribution in [-0.2, 0) is 9.59 Å². The number of halogens is 2. The normalized spacial score (nSPS) is 19.9. The van der Waals surface area contributed by atoms with Crippen LogP contribution in [0.1, 0.15) is 19.8 Å². The van der Waals surface area contributed by atoms with Gasteiger partial charge in [0.25, 0.3) is 0 Å². The van der Waals surface area contributed by atoms with E-state index in [2.05, 4.69) is 17.1 Å². The van der Waals surface area contributed by atoms with Crippen molar-refractivity contribution in [2.24, 2.45) is 5.41 Å². The van der Waals surface area contributed by atoms with Crippen LogP contribution in [0, 0.1) is 17.0 Å². The molecule has 1 aromatic rings. The lowest BCUT2D eigenvalue weighted by atomic mass is 10.0. The quantitative estimate of drug-likeness (QED) is 0.853. The van der Waals surface area contributed by atoms with E-state index in [4.69, 9.17) is 0 Å². The molecular weight excluding hydrogens is 316 g/mol.